The number of aliphatic hydroxyl groups excluding tert-OH is 1. The number of halogens is 3. The number of hydrogen-bond acceptors (Lipinski definition) is 5. The molecule has 0 aliphatic carbocycles. The topological polar surface area (TPSA) is 60.2 Å². The number of aliphatic hydroxyl groups is 1. The van der Waals surface area contributed by atoms with Gasteiger partial charge in [0.15, 0.2) is 0 Å². The van der Waals surface area contributed by atoms with Gasteiger partial charge in [-0.15, -0.1) is 0 Å². The number of piperazine rings is 2. The molecular weight excluding hydrogens is 483 g/mol. The maximum atomic E-state index is 13.1. The van der Waals surface area contributed by atoms with Gasteiger partial charge >= 0.3 is 6.18 Å². The number of rotatable bonds is 10. The van der Waals surface area contributed by atoms with Crippen molar-refractivity contribution in [3.63, 3.8) is 0 Å². The van der Waals surface area contributed by atoms with Gasteiger partial charge in [0, 0.05) is 43.9 Å². The van der Waals surface area contributed by atoms with Crippen molar-refractivity contribution in [2.45, 2.75) is 78.4 Å². The first kappa shape index (κ1) is 29.2. The molecule has 3 heterocycles. The van der Waals surface area contributed by atoms with Gasteiger partial charge in [0.1, 0.15) is 17.7 Å². The third kappa shape index (κ3) is 7.15. The van der Waals surface area contributed by atoms with Crippen LogP contribution in [0.3, 0.4) is 0 Å². The first-order valence-electron chi connectivity index (χ1n) is 13.3. The second kappa shape index (κ2) is 12.9. The summed E-state index contributed by atoms with van der Waals surface area (Å²) in [5.74, 6) is 1.73. The minimum Gasteiger partial charge on any atom is -0.461 e. The molecule has 2 fully saturated rings. The average molecular weight is 524 g/mol. The number of allylic oxidation sites excluding steroid dienone is 4. The number of hydrogen-bond donors (Lipinski definition) is 1. The van der Waals surface area contributed by atoms with E-state index in [0.717, 1.165) is 42.1 Å². The summed E-state index contributed by atoms with van der Waals surface area (Å²) in [5.41, 5.74) is 1.67. The Labute approximate surface area is 218 Å². The summed E-state index contributed by atoms with van der Waals surface area (Å²) in [6, 6.07) is -0.388. The van der Waals surface area contributed by atoms with Crippen LogP contribution in [0.5, 0.6) is 0 Å². The maximum Gasteiger partial charge on any atom is 0.416 e. The van der Waals surface area contributed by atoms with Gasteiger partial charge in [-0.1, -0.05) is 45.1 Å². The first-order chi connectivity index (χ1) is 17.6. The first-order valence-corrected chi connectivity index (χ1v) is 13.3. The lowest BCUT2D eigenvalue weighted by Crippen LogP contribution is -2.68. The number of carbonyl (C=O) groups excluding carboxylic acids is 1. The van der Waals surface area contributed by atoms with Crippen LogP contribution >= 0.6 is 0 Å². The predicted octanol–water partition coefficient (Wildman–Crippen LogP) is 5.07. The molecule has 2 atom stereocenters. The molecule has 2 saturated heterocycles. The SMILES string of the molecule is CC/C=C\c1oc(C)c(CN2CCN3C(=O)CN(CC/C=C\C(=C/CC)C(F)(F)F)C(O)C3C2)c1CC. The lowest BCUT2D eigenvalue weighted by molar-refractivity contribution is -0.165. The van der Waals surface area contributed by atoms with E-state index in [-0.39, 0.29) is 18.5 Å². The quantitative estimate of drug-likeness (QED) is 0.434. The molecule has 1 aromatic rings. The van der Waals surface area contributed by atoms with Crippen LogP contribution in [0.4, 0.5) is 13.2 Å². The van der Waals surface area contributed by atoms with E-state index in [1.165, 1.54) is 11.6 Å². The Kier molecular flexibility index (Phi) is 10.2. The van der Waals surface area contributed by atoms with Gasteiger partial charge in [0.05, 0.1) is 18.2 Å². The largest absolute Gasteiger partial charge is 0.461 e. The van der Waals surface area contributed by atoms with Crippen LogP contribution in [-0.2, 0) is 17.8 Å². The summed E-state index contributed by atoms with van der Waals surface area (Å²) in [6.07, 6.45) is 4.92. The Balaban J connectivity index is 1.66. The summed E-state index contributed by atoms with van der Waals surface area (Å²) in [4.78, 5) is 18.5. The van der Waals surface area contributed by atoms with E-state index in [4.69, 9.17) is 4.42 Å². The van der Waals surface area contributed by atoms with E-state index in [0.29, 0.717) is 45.6 Å². The molecule has 2 unspecified atom stereocenters. The zero-order valence-corrected chi connectivity index (χ0v) is 22.4. The molecule has 1 amide bonds. The van der Waals surface area contributed by atoms with E-state index in [2.05, 4.69) is 24.8 Å². The summed E-state index contributed by atoms with van der Waals surface area (Å²) in [5, 5.41) is 11.1. The second-order valence-corrected chi connectivity index (χ2v) is 9.67. The molecule has 0 bridgehead atoms. The van der Waals surface area contributed by atoms with Crippen molar-refractivity contribution in [3.05, 3.63) is 52.5 Å². The molecule has 2 aliphatic heterocycles. The zero-order valence-electron chi connectivity index (χ0n) is 22.4. The molecule has 2 aliphatic rings. The van der Waals surface area contributed by atoms with Crippen molar-refractivity contribution in [1.82, 2.24) is 14.7 Å². The number of carbonyl (C=O) groups is 1. The fraction of sp³-hybridized carbons (Fsp3) is 0.607. The number of aryl methyl sites for hydroxylation is 1. The average Bonchev–Trinajstić information content (AvgIpc) is 3.15. The van der Waals surface area contributed by atoms with Gasteiger partial charge in [-0.3, -0.25) is 14.6 Å². The van der Waals surface area contributed by atoms with E-state index < -0.39 is 18.0 Å². The minimum atomic E-state index is -4.39. The number of alkyl halides is 3. The molecule has 0 spiro atoms. The lowest BCUT2D eigenvalue weighted by atomic mass is 10.0. The van der Waals surface area contributed by atoms with Gasteiger partial charge in [0.25, 0.3) is 0 Å². The third-order valence-corrected chi connectivity index (χ3v) is 7.10. The third-order valence-electron chi connectivity index (χ3n) is 7.10. The highest BCUT2D eigenvalue weighted by Crippen LogP contribution is 2.29. The standard InChI is InChI=1S/C28H40F3N3O3/c1-5-8-13-25-22(7-3)23(20(4)37-25)17-32-15-16-34-24(18-32)27(36)33(19-26(34)35)14-10-9-12-21(11-6-2)28(29,30)31/h8-9,11-13,24,27,36H,5-7,10,14-19H2,1-4H3/b12-9-,13-8-,21-11+. The van der Waals surface area contributed by atoms with Gasteiger partial charge in [0.2, 0.25) is 5.91 Å². The van der Waals surface area contributed by atoms with Crippen LogP contribution in [0.2, 0.25) is 0 Å². The molecule has 3 rings (SSSR count). The molecule has 1 N–H and O–H groups in total. The maximum absolute atomic E-state index is 13.1. The van der Waals surface area contributed by atoms with Crippen molar-refractivity contribution < 1.29 is 27.5 Å². The molecule has 37 heavy (non-hydrogen) atoms. The van der Waals surface area contributed by atoms with Crippen LogP contribution in [0.15, 0.2) is 34.3 Å². The van der Waals surface area contributed by atoms with Gasteiger partial charge in [-0.2, -0.15) is 13.2 Å². The Bertz CT molecular complexity index is 1010. The summed E-state index contributed by atoms with van der Waals surface area (Å²) in [7, 11) is 0. The van der Waals surface area contributed by atoms with Crippen molar-refractivity contribution in [3.8, 4) is 0 Å². The molecule has 6 nitrogen and oxygen atoms in total. The number of nitrogens with zero attached hydrogens (tertiary/aromatic N) is 3. The second-order valence-electron chi connectivity index (χ2n) is 9.67. The fourth-order valence-electron chi connectivity index (χ4n) is 5.17. The van der Waals surface area contributed by atoms with Crippen molar-refractivity contribution >= 4 is 12.0 Å². The number of furan rings is 1. The highest BCUT2D eigenvalue weighted by atomic mass is 19.4. The molecular formula is C28H40F3N3O3. The Morgan fingerprint density at radius 1 is 1.14 bits per heavy atom. The lowest BCUT2D eigenvalue weighted by Gasteiger charge is -2.49. The molecule has 1 aromatic heterocycles. The van der Waals surface area contributed by atoms with E-state index >= 15 is 0 Å². The number of amides is 1. The molecule has 9 heteroatoms. The highest BCUT2D eigenvalue weighted by Gasteiger charge is 2.42. The van der Waals surface area contributed by atoms with Crippen LogP contribution in [-0.4, -0.2) is 76.9 Å². The molecule has 0 saturated carbocycles. The van der Waals surface area contributed by atoms with E-state index in [1.54, 1.807) is 16.7 Å². The summed E-state index contributed by atoms with van der Waals surface area (Å²) in [6.45, 7) is 10.6. The van der Waals surface area contributed by atoms with Gasteiger partial charge in [-0.05, 0) is 38.7 Å². The highest BCUT2D eigenvalue weighted by molar-refractivity contribution is 5.79. The van der Waals surface area contributed by atoms with E-state index in [1.807, 2.05) is 13.0 Å². The Morgan fingerprint density at radius 2 is 1.89 bits per heavy atom. The Hall–Kier alpha value is -2.36. The van der Waals surface area contributed by atoms with Crippen LogP contribution in [0.25, 0.3) is 6.08 Å². The van der Waals surface area contributed by atoms with E-state index in [9.17, 15) is 23.1 Å². The van der Waals surface area contributed by atoms with Gasteiger partial charge in [-0.25, -0.2) is 0 Å². The monoisotopic (exact) mass is 523 g/mol. The van der Waals surface area contributed by atoms with Crippen molar-refractivity contribution in [2.24, 2.45) is 0 Å². The number of fused-ring (bicyclic) bond motifs is 1. The molecule has 0 radical (unpaired) electrons. The van der Waals surface area contributed by atoms with Crippen LogP contribution in [0.1, 0.15) is 62.7 Å². The predicted molar refractivity (Wildman–Crippen MR) is 139 cm³/mol. The fourth-order valence-corrected chi connectivity index (χ4v) is 5.17. The minimum absolute atomic E-state index is 0.0542. The van der Waals surface area contributed by atoms with Crippen molar-refractivity contribution in [1.29, 1.82) is 0 Å². The summed E-state index contributed by atoms with van der Waals surface area (Å²) >= 11 is 0. The molecule has 0 aromatic carbocycles. The van der Waals surface area contributed by atoms with Crippen LogP contribution in [0, 0.1) is 6.92 Å². The van der Waals surface area contributed by atoms with Crippen molar-refractivity contribution in [2.75, 3.05) is 32.7 Å². The molecule has 206 valence electrons. The normalized spacial score (nSPS) is 22.5. The Morgan fingerprint density at radius 3 is 2.54 bits per heavy atom. The van der Waals surface area contributed by atoms with Crippen LogP contribution < -0.4 is 0 Å². The van der Waals surface area contributed by atoms with Gasteiger partial charge < -0.3 is 14.4 Å². The summed E-state index contributed by atoms with van der Waals surface area (Å²) < 4.78 is 45.3. The smallest absolute Gasteiger partial charge is 0.416 e. The zero-order chi connectivity index (χ0) is 27.2.